The molecular weight excluding hydrogens is 240 g/mol. The predicted octanol–water partition coefficient (Wildman–Crippen LogP) is 1.94. The minimum absolute atomic E-state index is 0.608. The number of nitrogens with zero attached hydrogens (tertiary/aromatic N) is 3. The molecule has 2 heterocycles. The fourth-order valence-electron chi connectivity index (χ4n) is 2.40. The van der Waals surface area contributed by atoms with Gasteiger partial charge in [-0.05, 0) is 18.8 Å². The number of hydrogen-bond donors (Lipinski definition) is 1. The van der Waals surface area contributed by atoms with Crippen LogP contribution in [0.15, 0.2) is 6.07 Å². The third-order valence-electron chi connectivity index (χ3n) is 3.51. The highest BCUT2D eigenvalue weighted by atomic mass is 16.5. The molecule has 1 aromatic heterocycles. The maximum atomic E-state index is 5.54. The highest BCUT2D eigenvalue weighted by Gasteiger charge is 2.17. The van der Waals surface area contributed by atoms with Crippen molar-refractivity contribution in [3.05, 3.63) is 11.9 Å². The maximum Gasteiger partial charge on any atom is 0.134 e. The van der Waals surface area contributed by atoms with Gasteiger partial charge in [-0.2, -0.15) is 0 Å². The summed E-state index contributed by atoms with van der Waals surface area (Å²) in [4.78, 5) is 11.2. The highest BCUT2D eigenvalue weighted by molar-refractivity contribution is 5.48. The molecule has 0 saturated carbocycles. The lowest BCUT2D eigenvalue weighted by molar-refractivity contribution is 0.0576. The Morgan fingerprint density at radius 3 is 2.95 bits per heavy atom. The number of nitrogens with one attached hydrogen (secondary N) is 1. The average molecular weight is 264 g/mol. The minimum Gasteiger partial charge on any atom is -0.381 e. The molecule has 0 bridgehead atoms. The van der Waals surface area contributed by atoms with E-state index >= 15 is 0 Å². The van der Waals surface area contributed by atoms with Crippen LogP contribution in [0.5, 0.6) is 0 Å². The van der Waals surface area contributed by atoms with Gasteiger partial charge in [0, 0.05) is 39.7 Å². The molecule has 5 nitrogen and oxygen atoms in total. The Bertz CT molecular complexity index is 382. The van der Waals surface area contributed by atoms with Crippen LogP contribution >= 0.6 is 0 Å². The maximum absolute atomic E-state index is 5.54. The number of aromatic nitrogens is 2. The first kappa shape index (κ1) is 14.1. The van der Waals surface area contributed by atoms with E-state index in [2.05, 4.69) is 34.2 Å². The summed E-state index contributed by atoms with van der Waals surface area (Å²) < 4.78 is 5.54. The second-order valence-electron chi connectivity index (χ2n) is 5.09. The lowest BCUT2D eigenvalue weighted by Gasteiger charge is -2.28. The van der Waals surface area contributed by atoms with E-state index in [1.807, 2.05) is 13.1 Å². The van der Waals surface area contributed by atoms with Crippen molar-refractivity contribution in [2.24, 2.45) is 5.92 Å². The topological polar surface area (TPSA) is 50.3 Å². The number of rotatable bonds is 5. The summed E-state index contributed by atoms with van der Waals surface area (Å²) in [6.45, 7) is 4.85. The Labute approximate surface area is 115 Å². The van der Waals surface area contributed by atoms with Crippen molar-refractivity contribution in [2.45, 2.75) is 26.2 Å². The van der Waals surface area contributed by atoms with E-state index in [9.17, 15) is 0 Å². The summed E-state index contributed by atoms with van der Waals surface area (Å²) in [7, 11) is 3.98. The first-order valence-electron chi connectivity index (χ1n) is 7.07. The highest BCUT2D eigenvalue weighted by Crippen LogP contribution is 2.19. The van der Waals surface area contributed by atoms with Crippen molar-refractivity contribution < 1.29 is 4.74 Å². The van der Waals surface area contributed by atoms with E-state index in [0.29, 0.717) is 5.92 Å². The first-order chi connectivity index (χ1) is 9.22. The van der Waals surface area contributed by atoms with Crippen LogP contribution in [0.3, 0.4) is 0 Å². The van der Waals surface area contributed by atoms with Crippen molar-refractivity contribution in [3.63, 3.8) is 0 Å². The number of aryl methyl sites for hydroxylation is 1. The molecule has 106 valence electrons. The predicted molar refractivity (Wildman–Crippen MR) is 77.8 cm³/mol. The van der Waals surface area contributed by atoms with E-state index in [1.54, 1.807) is 0 Å². The summed E-state index contributed by atoms with van der Waals surface area (Å²) in [5.41, 5.74) is 0. The molecular formula is C14H24N4O. The molecule has 0 aromatic carbocycles. The standard InChI is InChI=1S/C14H24N4O/c1-4-12-16-13(15-2)8-14(17-12)18(3)9-11-6-5-7-19-10-11/h8,11H,4-7,9-10H2,1-3H3,(H,15,16,17). The van der Waals surface area contributed by atoms with Crippen LogP contribution in [-0.4, -0.2) is 43.8 Å². The van der Waals surface area contributed by atoms with Gasteiger partial charge in [0.1, 0.15) is 17.5 Å². The van der Waals surface area contributed by atoms with E-state index in [4.69, 9.17) is 4.74 Å². The molecule has 2 rings (SSSR count). The number of hydrogen-bond acceptors (Lipinski definition) is 5. The Balaban J connectivity index is 2.06. The van der Waals surface area contributed by atoms with E-state index in [-0.39, 0.29) is 0 Å². The van der Waals surface area contributed by atoms with Crippen molar-refractivity contribution in [2.75, 3.05) is 44.1 Å². The van der Waals surface area contributed by atoms with Gasteiger partial charge in [0.05, 0.1) is 6.61 Å². The van der Waals surface area contributed by atoms with Crippen molar-refractivity contribution in [1.82, 2.24) is 9.97 Å². The largest absolute Gasteiger partial charge is 0.381 e. The van der Waals surface area contributed by atoms with Gasteiger partial charge in [-0.3, -0.25) is 0 Å². The molecule has 0 spiro atoms. The van der Waals surface area contributed by atoms with Crippen molar-refractivity contribution >= 4 is 11.6 Å². The van der Waals surface area contributed by atoms with Crippen LogP contribution in [-0.2, 0) is 11.2 Å². The summed E-state index contributed by atoms with van der Waals surface area (Å²) in [6, 6.07) is 2.00. The second-order valence-corrected chi connectivity index (χ2v) is 5.09. The molecule has 0 radical (unpaired) electrons. The quantitative estimate of drug-likeness (QED) is 0.881. The van der Waals surface area contributed by atoms with E-state index in [1.165, 1.54) is 12.8 Å². The molecule has 0 amide bonds. The number of ether oxygens (including phenoxy) is 1. The molecule has 1 aromatic rings. The Kier molecular flexibility index (Phi) is 4.96. The SMILES string of the molecule is CCc1nc(NC)cc(N(C)CC2CCCOC2)n1. The van der Waals surface area contributed by atoms with Crippen molar-refractivity contribution in [3.8, 4) is 0 Å². The zero-order valence-corrected chi connectivity index (χ0v) is 12.1. The van der Waals surface area contributed by atoms with Crippen LogP contribution in [0, 0.1) is 5.92 Å². The molecule has 1 aliphatic heterocycles. The summed E-state index contributed by atoms with van der Waals surface area (Å²) >= 11 is 0. The third-order valence-corrected chi connectivity index (χ3v) is 3.51. The monoisotopic (exact) mass is 264 g/mol. The second kappa shape index (κ2) is 6.70. The molecule has 19 heavy (non-hydrogen) atoms. The Morgan fingerprint density at radius 1 is 1.47 bits per heavy atom. The normalized spacial score (nSPS) is 19.2. The zero-order valence-electron chi connectivity index (χ0n) is 12.1. The molecule has 1 N–H and O–H groups in total. The van der Waals surface area contributed by atoms with Crippen molar-refractivity contribution in [1.29, 1.82) is 0 Å². The van der Waals surface area contributed by atoms with Crippen LogP contribution < -0.4 is 10.2 Å². The fourth-order valence-corrected chi connectivity index (χ4v) is 2.40. The van der Waals surface area contributed by atoms with Crippen LogP contribution in [0.1, 0.15) is 25.6 Å². The first-order valence-corrected chi connectivity index (χ1v) is 7.07. The van der Waals surface area contributed by atoms with Crippen LogP contribution in [0.4, 0.5) is 11.6 Å². The van der Waals surface area contributed by atoms with Gasteiger partial charge < -0.3 is 15.0 Å². The lowest BCUT2D eigenvalue weighted by atomic mass is 10.0. The fraction of sp³-hybridized carbons (Fsp3) is 0.714. The van der Waals surface area contributed by atoms with Crippen LogP contribution in [0.25, 0.3) is 0 Å². The van der Waals surface area contributed by atoms with Gasteiger partial charge in [-0.25, -0.2) is 9.97 Å². The third kappa shape index (κ3) is 3.80. The van der Waals surface area contributed by atoms with Crippen LogP contribution in [0.2, 0.25) is 0 Å². The van der Waals surface area contributed by atoms with Gasteiger partial charge in [-0.1, -0.05) is 6.92 Å². The Hall–Kier alpha value is -1.36. The van der Waals surface area contributed by atoms with E-state index < -0.39 is 0 Å². The molecule has 5 heteroatoms. The molecule has 1 saturated heterocycles. The molecule has 1 unspecified atom stereocenters. The zero-order chi connectivity index (χ0) is 13.7. The molecule has 1 aliphatic rings. The van der Waals surface area contributed by atoms with Gasteiger partial charge in [0.15, 0.2) is 0 Å². The van der Waals surface area contributed by atoms with E-state index in [0.717, 1.165) is 43.6 Å². The Morgan fingerprint density at radius 2 is 2.32 bits per heavy atom. The minimum atomic E-state index is 0.608. The summed E-state index contributed by atoms with van der Waals surface area (Å²) in [5, 5.41) is 3.10. The summed E-state index contributed by atoms with van der Waals surface area (Å²) in [6.07, 6.45) is 3.27. The number of anilines is 2. The van der Waals surface area contributed by atoms with Gasteiger partial charge in [0.25, 0.3) is 0 Å². The molecule has 1 atom stereocenters. The lowest BCUT2D eigenvalue weighted by Crippen LogP contribution is -2.31. The molecule has 0 aliphatic carbocycles. The van der Waals surface area contributed by atoms with Gasteiger partial charge in [0.2, 0.25) is 0 Å². The average Bonchev–Trinajstić information content (AvgIpc) is 2.47. The van der Waals surface area contributed by atoms with Gasteiger partial charge in [-0.15, -0.1) is 0 Å². The smallest absolute Gasteiger partial charge is 0.134 e. The van der Waals surface area contributed by atoms with Gasteiger partial charge >= 0.3 is 0 Å². The molecule has 1 fully saturated rings. The summed E-state index contributed by atoms with van der Waals surface area (Å²) in [5.74, 6) is 3.36.